The third kappa shape index (κ3) is 3.27. The lowest BCUT2D eigenvalue weighted by Crippen LogP contribution is -2.12. The second-order valence-corrected chi connectivity index (χ2v) is 6.16. The molecule has 102 valence electrons. The average Bonchev–Trinajstić information content (AvgIpc) is 2.77. The van der Waals surface area contributed by atoms with E-state index in [0.29, 0.717) is 23.8 Å². The normalized spacial score (nSPS) is 11.8. The Hall–Kier alpha value is -1.53. The zero-order valence-corrected chi connectivity index (χ0v) is 12.3. The molecular weight excluding hydrogens is 262 g/mol. The maximum Gasteiger partial charge on any atom is 0.251 e. The fourth-order valence-electron chi connectivity index (χ4n) is 1.58. The molecule has 2 aromatic rings. The predicted octanol–water partition coefficient (Wildman–Crippen LogP) is 2.34. The summed E-state index contributed by atoms with van der Waals surface area (Å²) in [5.41, 5.74) is 1.10. The quantitative estimate of drug-likeness (QED) is 0.936. The molecule has 0 aliphatic heterocycles. The molecule has 2 aromatic heterocycles. The summed E-state index contributed by atoms with van der Waals surface area (Å²) < 4.78 is 5.00. The Kier molecular flexibility index (Phi) is 3.82. The predicted molar refractivity (Wildman–Crippen MR) is 75.4 cm³/mol. The van der Waals surface area contributed by atoms with Gasteiger partial charge >= 0.3 is 0 Å². The fraction of sp³-hybridized carbons (Fsp3) is 0.462. The Morgan fingerprint density at radius 3 is 2.68 bits per heavy atom. The maximum atomic E-state index is 11.6. The number of rotatable bonds is 3. The highest BCUT2D eigenvalue weighted by molar-refractivity contribution is 7.10. The lowest BCUT2D eigenvalue weighted by molar-refractivity contribution is 0.181. The second kappa shape index (κ2) is 5.22. The number of aromatic amines is 1. The summed E-state index contributed by atoms with van der Waals surface area (Å²) >= 11 is 1.57. The van der Waals surface area contributed by atoms with Gasteiger partial charge in [-0.05, 0) is 0 Å². The van der Waals surface area contributed by atoms with Crippen LogP contribution >= 0.6 is 11.3 Å². The third-order valence-electron chi connectivity index (χ3n) is 2.48. The minimum atomic E-state index is -0.192. The average molecular weight is 279 g/mol. The van der Waals surface area contributed by atoms with Crippen LogP contribution in [0.25, 0.3) is 11.5 Å². The molecule has 2 rings (SSSR count). The van der Waals surface area contributed by atoms with Crippen LogP contribution in [0.15, 0.2) is 16.2 Å². The van der Waals surface area contributed by atoms with Crippen molar-refractivity contribution in [2.45, 2.75) is 32.8 Å². The SMILES string of the molecule is COCc1cc(=O)[nH]c(-c2csc(C(C)(C)C)n2)n1. The van der Waals surface area contributed by atoms with Crippen molar-refractivity contribution in [3.8, 4) is 11.5 Å². The van der Waals surface area contributed by atoms with Gasteiger partial charge in [-0.3, -0.25) is 4.79 Å². The minimum Gasteiger partial charge on any atom is -0.378 e. The van der Waals surface area contributed by atoms with Gasteiger partial charge < -0.3 is 9.72 Å². The van der Waals surface area contributed by atoms with E-state index in [1.54, 1.807) is 18.4 Å². The van der Waals surface area contributed by atoms with Crippen LogP contribution < -0.4 is 5.56 Å². The van der Waals surface area contributed by atoms with E-state index in [0.717, 1.165) is 5.01 Å². The fourth-order valence-corrected chi connectivity index (χ4v) is 2.47. The first-order valence-corrected chi connectivity index (χ1v) is 6.83. The number of thiazole rings is 1. The molecule has 0 unspecified atom stereocenters. The van der Waals surface area contributed by atoms with Crippen LogP contribution in [0.4, 0.5) is 0 Å². The largest absolute Gasteiger partial charge is 0.378 e. The van der Waals surface area contributed by atoms with Crippen LogP contribution in [0.1, 0.15) is 31.5 Å². The van der Waals surface area contributed by atoms with Crippen molar-refractivity contribution in [1.29, 1.82) is 0 Å². The van der Waals surface area contributed by atoms with Crippen LogP contribution in [-0.2, 0) is 16.8 Å². The molecule has 0 aliphatic rings. The van der Waals surface area contributed by atoms with Gasteiger partial charge in [0.2, 0.25) is 0 Å². The van der Waals surface area contributed by atoms with Gasteiger partial charge in [0.25, 0.3) is 5.56 Å². The number of aromatic nitrogens is 3. The van der Waals surface area contributed by atoms with Crippen LogP contribution in [0, 0.1) is 0 Å². The number of nitrogens with one attached hydrogen (secondary N) is 1. The number of hydrogen-bond acceptors (Lipinski definition) is 5. The molecule has 0 aliphatic carbocycles. The highest BCUT2D eigenvalue weighted by Gasteiger charge is 2.19. The summed E-state index contributed by atoms with van der Waals surface area (Å²) in [5.74, 6) is 0.492. The van der Waals surface area contributed by atoms with Crippen LogP contribution in [-0.4, -0.2) is 22.1 Å². The van der Waals surface area contributed by atoms with E-state index in [9.17, 15) is 4.79 Å². The molecule has 6 heteroatoms. The van der Waals surface area contributed by atoms with Gasteiger partial charge in [-0.15, -0.1) is 11.3 Å². The van der Waals surface area contributed by atoms with Gasteiger partial charge in [0.1, 0.15) is 5.69 Å². The Labute approximate surface area is 115 Å². The van der Waals surface area contributed by atoms with Crippen molar-refractivity contribution in [2.75, 3.05) is 7.11 Å². The first-order chi connectivity index (χ1) is 8.90. The van der Waals surface area contributed by atoms with Gasteiger partial charge in [-0.2, -0.15) is 0 Å². The molecule has 0 saturated carbocycles. The van der Waals surface area contributed by atoms with Gasteiger partial charge in [0, 0.05) is 24.0 Å². The molecular formula is C13H17N3O2S. The van der Waals surface area contributed by atoms with E-state index in [2.05, 4.69) is 35.7 Å². The molecule has 2 heterocycles. The molecule has 0 spiro atoms. The standard InChI is InChI=1S/C13H17N3O2S/c1-13(2,3)12-15-9(7-19-12)11-14-8(6-18-4)5-10(17)16-11/h5,7H,6H2,1-4H3,(H,14,16,17). The zero-order chi connectivity index (χ0) is 14.0. The zero-order valence-electron chi connectivity index (χ0n) is 11.5. The van der Waals surface area contributed by atoms with Crippen molar-refractivity contribution in [1.82, 2.24) is 15.0 Å². The highest BCUT2D eigenvalue weighted by atomic mass is 32.1. The number of hydrogen-bond donors (Lipinski definition) is 1. The first-order valence-electron chi connectivity index (χ1n) is 5.95. The van der Waals surface area contributed by atoms with E-state index < -0.39 is 0 Å². The van der Waals surface area contributed by atoms with Gasteiger partial charge in [-0.1, -0.05) is 20.8 Å². The molecule has 0 fully saturated rings. The number of methoxy groups -OCH3 is 1. The number of H-pyrrole nitrogens is 1. The lowest BCUT2D eigenvalue weighted by atomic mass is 9.98. The maximum absolute atomic E-state index is 11.6. The highest BCUT2D eigenvalue weighted by Crippen LogP contribution is 2.28. The Morgan fingerprint density at radius 1 is 1.37 bits per heavy atom. The van der Waals surface area contributed by atoms with Crippen LogP contribution in [0.3, 0.4) is 0 Å². The number of nitrogens with zero attached hydrogens (tertiary/aromatic N) is 2. The topological polar surface area (TPSA) is 67.9 Å². The Bertz CT molecular complexity index is 625. The van der Waals surface area contributed by atoms with Gasteiger partial charge in [-0.25, -0.2) is 9.97 Å². The van der Waals surface area contributed by atoms with E-state index in [1.807, 2.05) is 5.38 Å². The Morgan fingerprint density at radius 2 is 2.11 bits per heavy atom. The molecule has 19 heavy (non-hydrogen) atoms. The van der Waals surface area contributed by atoms with E-state index >= 15 is 0 Å². The van der Waals surface area contributed by atoms with Crippen molar-refractivity contribution in [3.63, 3.8) is 0 Å². The smallest absolute Gasteiger partial charge is 0.251 e. The van der Waals surface area contributed by atoms with Crippen molar-refractivity contribution < 1.29 is 4.74 Å². The summed E-state index contributed by atoms with van der Waals surface area (Å²) in [5, 5.41) is 2.93. The van der Waals surface area contributed by atoms with Gasteiger partial charge in [0.05, 0.1) is 17.3 Å². The van der Waals surface area contributed by atoms with Crippen molar-refractivity contribution >= 4 is 11.3 Å². The number of ether oxygens (including phenoxy) is 1. The summed E-state index contributed by atoms with van der Waals surface area (Å²) in [6.45, 7) is 6.63. The summed E-state index contributed by atoms with van der Waals surface area (Å²) in [4.78, 5) is 23.2. The molecule has 0 saturated heterocycles. The summed E-state index contributed by atoms with van der Waals surface area (Å²) in [7, 11) is 1.57. The van der Waals surface area contributed by atoms with Gasteiger partial charge in [0.15, 0.2) is 5.82 Å². The molecule has 1 N–H and O–H groups in total. The first kappa shape index (κ1) is 13.9. The van der Waals surface area contributed by atoms with Crippen LogP contribution in [0.2, 0.25) is 0 Å². The summed E-state index contributed by atoms with van der Waals surface area (Å²) in [6.07, 6.45) is 0. The van der Waals surface area contributed by atoms with E-state index in [1.165, 1.54) is 6.07 Å². The lowest BCUT2D eigenvalue weighted by Gasteiger charge is -2.13. The second-order valence-electron chi connectivity index (χ2n) is 5.31. The molecule has 0 amide bonds. The minimum absolute atomic E-state index is 0.00660. The van der Waals surface area contributed by atoms with Crippen molar-refractivity contribution in [3.05, 3.63) is 32.5 Å². The van der Waals surface area contributed by atoms with Crippen LogP contribution in [0.5, 0.6) is 0 Å². The molecule has 0 atom stereocenters. The monoisotopic (exact) mass is 279 g/mol. The van der Waals surface area contributed by atoms with E-state index in [-0.39, 0.29) is 11.0 Å². The third-order valence-corrected chi connectivity index (χ3v) is 3.74. The summed E-state index contributed by atoms with van der Waals surface area (Å²) in [6, 6.07) is 1.43. The van der Waals surface area contributed by atoms with Crippen molar-refractivity contribution in [2.24, 2.45) is 0 Å². The molecule has 0 bridgehead atoms. The molecule has 0 aromatic carbocycles. The van der Waals surface area contributed by atoms with E-state index in [4.69, 9.17) is 4.74 Å². The Balaban J connectivity index is 2.41. The molecule has 5 nitrogen and oxygen atoms in total. The molecule has 0 radical (unpaired) electrons.